The lowest BCUT2D eigenvalue weighted by Gasteiger charge is -2.30. The highest BCUT2D eigenvalue weighted by atomic mass is 28.4. The summed E-state index contributed by atoms with van der Waals surface area (Å²) < 4.78 is 12.7. The van der Waals surface area contributed by atoms with E-state index in [4.69, 9.17) is 8.85 Å². The van der Waals surface area contributed by atoms with E-state index in [0.717, 1.165) is 13.2 Å². The Morgan fingerprint density at radius 2 is 0.613 bits per heavy atom. The predicted octanol–water partition coefficient (Wildman–Crippen LogP) is 10.3. The Morgan fingerprint density at radius 1 is 0.355 bits per heavy atom. The van der Waals surface area contributed by atoms with Crippen molar-refractivity contribution in [1.29, 1.82) is 0 Å². The molecule has 0 aromatic rings. The molecule has 0 unspecified atom stereocenters. The van der Waals surface area contributed by atoms with Crippen LogP contribution in [0.15, 0.2) is 0 Å². The lowest BCUT2D eigenvalue weighted by Crippen LogP contribution is -2.42. The SMILES string of the molecule is CCCCCCCCCCCCCC[Si](CCCCCCCCCC)(OCC)OCC. The summed E-state index contributed by atoms with van der Waals surface area (Å²) >= 11 is 0. The molecule has 0 atom stereocenters. The Morgan fingerprint density at radius 3 is 0.871 bits per heavy atom. The van der Waals surface area contributed by atoms with Crippen LogP contribution in [0.2, 0.25) is 12.1 Å². The fraction of sp³-hybridized carbons (Fsp3) is 1.00. The van der Waals surface area contributed by atoms with Gasteiger partial charge in [-0.25, -0.2) is 0 Å². The summed E-state index contributed by atoms with van der Waals surface area (Å²) in [5, 5.41) is 0. The number of hydrogen-bond donors (Lipinski definition) is 0. The van der Waals surface area contributed by atoms with Crippen LogP contribution in [0.4, 0.5) is 0 Å². The van der Waals surface area contributed by atoms with Gasteiger partial charge in [-0.1, -0.05) is 142 Å². The minimum Gasteiger partial charge on any atom is -0.394 e. The molecule has 0 radical (unpaired) electrons. The Kier molecular flexibility index (Phi) is 24.9. The molecule has 0 saturated carbocycles. The summed E-state index contributed by atoms with van der Waals surface area (Å²) in [6, 6.07) is 2.42. The highest BCUT2D eigenvalue weighted by Gasteiger charge is 2.35. The molecule has 0 rings (SSSR count). The summed E-state index contributed by atoms with van der Waals surface area (Å²) in [4.78, 5) is 0. The molecule has 0 spiro atoms. The zero-order valence-corrected chi connectivity index (χ0v) is 23.3. The van der Waals surface area contributed by atoms with Gasteiger partial charge in [0.15, 0.2) is 0 Å². The fourth-order valence-corrected chi connectivity index (χ4v) is 8.29. The molecule has 2 nitrogen and oxygen atoms in total. The first-order valence-corrected chi connectivity index (χ1v) is 16.8. The summed E-state index contributed by atoms with van der Waals surface area (Å²) in [6.07, 6.45) is 28.0. The third kappa shape index (κ3) is 20.5. The van der Waals surface area contributed by atoms with Gasteiger partial charge in [0.05, 0.1) is 0 Å². The van der Waals surface area contributed by atoms with E-state index in [9.17, 15) is 0 Å². The Hall–Kier alpha value is 0.137. The van der Waals surface area contributed by atoms with Crippen molar-refractivity contribution < 1.29 is 8.85 Å². The molecule has 31 heavy (non-hydrogen) atoms. The monoisotopic (exact) mass is 456 g/mol. The molecule has 0 aliphatic heterocycles. The number of rotatable bonds is 26. The molecule has 0 saturated heterocycles. The number of hydrogen-bond acceptors (Lipinski definition) is 2. The standard InChI is InChI=1S/C28H60O2Si/c1-5-9-11-13-15-17-18-19-20-22-24-26-28-31(29-7-3,30-8-4)27-25-23-21-16-14-12-10-6-2/h5-28H2,1-4H3. The van der Waals surface area contributed by atoms with Crippen LogP contribution in [0.1, 0.15) is 156 Å². The first-order chi connectivity index (χ1) is 15.2. The molecule has 0 aromatic heterocycles. The van der Waals surface area contributed by atoms with Gasteiger partial charge >= 0.3 is 8.56 Å². The van der Waals surface area contributed by atoms with Crippen LogP contribution in [0.25, 0.3) is 0 Å². The van der Waals surface area contributed by atoms with Gasteiger partial charge in [0.25, 0.3) is 0 Å². The van der Waals surface area contributed by atoms with Crippen molar-refractivity contribution in [2.24, 2.45) is 0 Å². The van der Waals surface area contributed by atoms with Crippen LogP contribution >= 0.6 is 0 Å². The summed E-state index contributed by atoms with van der Waals surface area (Å²) in [5.74, 6) is 0. The zero-order valence-electron chi connectivity index (χ0n) is 22.3. The normalized spacial score (nSPS) is 12.0. The smallest absolute Gasteiger partial charge is 0.338 e. The van der Waals surface area contributed by atoms with E-state index in [-0.39, 0.29) is 0 Å². The van der Waals surface area contributed by atoms with Gasteiger partial charge in [0.1, 0.15) is 0 Å². The zero-order chi connectivity index (χ0) is 22.9. The van der Waals surface area contributed by atoms with Gasteiger partial charge < -0.3 is 8.85 Å². The second kappa shape index (κ2) is 24.8. The van der Waals surface area contributed by atoms with E-state index >= 15 is 0 Å². The maximum atomic E-state index is 6.35. The van der Waals surface area contributed by atoms with Gasteiger partial charge in [-0.15, -0.1) is 0 Å². The molecule has 188 valence electrons. The molecular weight excluding hydrogens is 396 g/mol. The molecule has 0 heterocycles. The van der Waals surface area contributed by atoms with Crippen molar-refractivity contribution in [2.45, 2.75) is 168 Å². The minimum atomic E-state index is -1.97. The van der Waals surface area contributed by atoms with E-state index in [1.54, 1.807) is 0 Å². The van der Waals surface area contributed by atoms with Gasteiger partial charge in [0.2, 0.25) is 0 Å². The van der Waals surface area contributed by atoms with Gasteiger partial charge in [-0.05, 0) is 25.9 Å². The van der Waals surface area contributed by atoms with Crippen LogP contribution in [-0.4, -0.2) is 21.8 Å². The fourth-order valence-electron chi connectivity index (χ4n) is 4.74. The van der Waals surface area contributed by atoms with E-state index in [0.29, 0.717) is 0 Å². The van der Waals surface area contributed by atoms with Crippen LogP contribution in [0, 0.1) is 0 Å². The van der Waals surface area contributed by atoms with E-state index in [1.165, 1.54) is 141 Å². The topological polar surface area (TPSA) is 18.5 Å². The first kappa shape index (κ1) is 31.1. The first-order valence-electron chi connectivity index (χ1n) is 14.5. The Balaban J connectivity index is 3.88. The minimum absolute atomic E-state index is 0.821. The average Bonchev–Trinajstić information content (AvgIpc) is 2.77. The van der Waals surface area contributed by atoms with Gasteiger partial charge in [0, 0.05) is 13.2 Å². The van der Waals surface area contributed by atoms with Crippen molar-refractivity contribution in [3.63, 3.8) is 0 Å². The summed E-state index contributed by atoms with van der Waals surface area (Å²) in [6.45, 7) is 10.5. The average molecular weight is 457 g/mol. The third-order valence-corrected chi connectivity index (χ3v) is 10.5. The molecule has 0 aliphatic rings. The van der Waals surface area contributed by atoms with Gasteiger partial charge in [-0.3, -0.25) is 0 Å². The molecule has 0 aliphatic carbocycles. The molecule has 0 bridgehead atoms. The van der Waals surface area contributed by atoms with E-state index < -0.39 is 8.56 Å². The van der Waals surface area contributed by atoms with Crippen molar-refractivity contribution in [2.75, 3.05) is 13.2 Å². The molecule has 3 heteroatoms. The summed E-state index contributed by atoms with van der Waals surface area (Å²) in [5.41, 5.74) is 0. The van der Waals surface area contributed by atoms with Crippen molar-refractivity contribution >= 4 is 8.56 Å². The Labute approximate surface area is 198 Å². The molecule has 0 fully saturated rings. The molecule has 0 aromatic carbocycles. The second-order valence-corrected chi connectivity index (χ2v) is 13.0. The second-order valence-electron chi connectivity index (χ2n) is 9.64. The lowest BCUT2D eigenvalue weighted by molar-refractivity contribution is 0.180. The van der Waals surface area contributed by atoms with Crippen molar-refractivity contribution in [3.8, 4) is 0 Å². The highest BCUT2D eigenvalue weighted by molar-refractivity contribution is 6.67. The highest BCUT2D eigenvalue weighted by Crippen LogP contribution is 2.26. The van der Waals surface area contributed by atoms with Crippen LogP contribution < -0.4 is 0 Å². The maximum absolute atomic E-state index is 6.35. The van der Waals surface area contributed by atoms with Crippen LogP contribution in [0.5, 0.6) is 0 Å². The Bertz CT molecular complexity index is 329. The molecule has 0 N–H and O–H groups in total. The largest absolute Gasteiger partial charge is 0.394 e. The van der Waals surface area contributed by atoms with E-state index in [1.807, 2.05) is 0 Å². The predicted molar refractivity (Wildman–Crippen MR) is 142 cm³/mol. The summed E-state index contributed by atoms with van der Waals surface area (Å²) in [7, 11) is -1.97. The quantitative estimate of drug-likeness (QED) is 0.0951. The third-order valence-electron chi connectivity index (χ3n) is 6.64. The van der Waals surface area contributed by atoms with Crippen molar-refractivity contribution in [3.05, 3.63) is 0 Å². The number of unbranched alkanes of at least 4 members (excludes halogenated alkanes) is 18. The maximum Gasteiger partial charge on any atom is 0.338 e. The van der Waals surface area contributed by atoms with Gasteiger partial charge in [-0.2, -0.15) is 0 Å². The van der Waals surface area contributed by atoms with Crippen molar-refractivity contribution in [1.82, 2.24) is 0 Å². The van der Waals surface area contributed by atoms with Crippen LogP contribution in [-0.2, 0) is 8.85 Å². The molecular formula is C28H60O2Si. The lowest BCUT2D eigenvalue weighted by atomic mass is 10.1. The van der Waals surface area contributed by atoms with E-state index in [2.05, 4.69) is 27.7 Å². The van der Waals surface area contributed by atoms with Crippen LogP contribution in [0.3, 0.4) is 0 Å². The molecule has 0 amide bonds.